The zero-order valence-corrected chi connectivity index (χ0v) is 8.49. The minimum absolute atomic E-state index is 0.0535. The predicted octanol–water partition coefficient (Wildman–Crippen LogP) is 1.16. The number of rotatable bonds is 1. The molecule has 0 atom stereocenters. The average molecular weight is 217 g/mol. The highest BCUT2D eigenvalue weighted by atomic mass is 32.1. The van der Waals surface area contributed by atoms with E-state index < -0.39 is 5.56 Å². The van der Waals surface area contributed by atoms with Gasteiger partial charge in [-0.1, -0.05) is 6.07 Å². The Balaban J connectivity index is 2.68. The van der Waals surface area contributed by atoms with Gasteiger partial charge < -0.3 is 5.84 Å². The van der Waals surface area contributed by atoms with Crippen molar-refractivity contribution in [1.82, 2.24) is 4.68 Å². The summed E-state index contributed by atoms with van der Waals surface area (Å²) in [6.07, 6.45) is 0. The van der Waals surface area contributed by atoms with Gasteiger partial charge in [-0.3, -0.25) is 4.79 Å². The largest absolute Gasteiger partial charge is 0.336 e. The van der Waals surface area contributed by atoms with Crippen LogP contribution < -0.4 is 11.4 Å². The zero-order valence-electron chi connectivity index (χ0n) is 7.68. The molecule has 0 bridgehead atoms. The first-order valence-corrected chi connectivity index (χ1v) is 5.07. The lowest BCUT2D eigenvalue weighted by Gasteiger charge is -2.05. The second-order valence-electron chi connectivity index (χ2n) is 2.90. The van der Waals surface area contributed by atoms with Crippen LogP contribution in [0.2, 0.25) is 0 Å². The molecule has 0 aromatic carbocycles. The summed E-state index contributed by atoms with van der Waals surface area (Å²) < 4.78 is 1.00. The first kappa shape index (κ1) is 9.49. The minimum atomic E-state index is -0.469. The van der Waals surface area contributed by atoms with Crippen molar-refractivity contribution in [3.8, 4) is 16.6 Å². The number of pyridine rings is 1. The number of hydrogen-bond acceptors (Lipinski definition) is 4. The van der Waals surface area contributed by atoms with Gasteiger partial charge in [-0.2, -0.15) is 5.26 Å². The van der Waals surface area contributed by atoms with E-state index in [1.807, 2.05) is 17.5 Å². The van der Waals surface area contributed by atoms with Crippen LogP contribution in [-0.4, -0.2) is 4.68 Å². The molecular weight excluding hydrogens is 210 g/mol. The summed E-state index contributed by atoms with van der Waals surface area (Å²) in [6.45, 7) is 0. The van der Waals surface area contributed by atoms with Crippen LogP contribution in [0.15, 0.2) is 34.4 Å². The normalized spacial score (nSPS) is 9.80. The summed E-state index contributed by atoms with van der Waals surface area (Å²) >= 11 is 1.49. The molecular formula is C10H7N3OS. The van der Waals surface area contributed by atoms with E-state index in [9.17, 15) is 4.79 Å². The maximum atomic E-state index is 11.5. The van der Waals surface area contributed by atoms with Gasteiger partial charge in [0.25, 0.3) is 5.56 Å². The number of thiophene rings is 1. The molecule has 0 unspecified atom stereocenters. The smallest absolute Gasteiger partial charge is 0.287 e. The fraction of sp³-hybridized carbons (Fsp3) is 0. The van der Waals surface area contributed by atoms with Crippen LogP contribution in [0.25, 0.3) is 10.6 Å². The second-order valence-corrected chi connectivity index (χ2v) is 3.84. The van der Waals surface area contributed by atoms with Gasteiger partial charge in [0.2, 0.25) is 0 Å². The van der Waals surface area contributed by atoms with Crippen molar-refractivity contribution in [2.24, 2.45) is 0 Å². The first-order valence-electron chi connectivity index (χ1n) is 4.19. The number of nitriles is 1. The SMILES string of the molecule is N#Cc1ccc(-c2cccs2)n(N)c1=O. The summed E-state index contributed by atoms with van der Waals surface area (Å²) in [4.78, 5) is 12.4. The van der Waals surface area contributed by atoms with Crippen LogP contribution in [0.3, 0.4) is 0 Å². The quantitative estimate of drug-likeness (QED) is 0.728. The first-order chi connectivity index (χ1) is 7.24. The Bertz CT molecular complexity index is 578. The maximum absolute atomic E-state index is 11.5. The molecule has 0 aliphatic carbocycles. The van der Waals surface area contributed by atoms with E-state index in [-0.39, 0.29) is 5.56 Å². The summed E-state index contributed by atoms with van der Waals surface area (Å²) in [5.74, 6) is 5.61. The topological polar surface area (TPSA) is 71.8 Å². The summed E-state index contributed by atoms with van der Waals surface area (Å²) in [6, 6.07) is 8.71. The number of nitrogens with zero attached hydrogens (tertiary/aromatic N) is 2. The van der Waals surface area contributed by atoms with Crippen molar-refractivity contribution >= 4 is 11.3 Å². The van der Waals surface area contributed by atoms with Gasteiger partial charge in [0.1, 0.15) is 11.6 Å². The van der Waals surface area contributed by atoms with Crippen molar-refractivity contribution < 1.29 is 0 Å². The van der Waals surface area contributed by atoms with E-state index in [0.717, 1.165) is 9.55 Å². The third kappa shape index (κ3) is 1.51. The van der Waals surface area contributed by atoms with E-state index in [1.165, 1.54) is 17.4 Å². The van der Waals surface area contributed by atoms with Gasteiger partial charge in [0.15, 0.2) is 0 Å². The molecule has 2 heterocycles. The van der Waals surface area contributed by atoms with Crippen LogP contribution >= 0.6 is 11.3 Å². The van der Waals surface area contributed by atoms with Crippen LogP contribution in [0.5, 0.6) is 0 Å². The van der Waals surface area contributed by atoms with Crippen molar-refractivity contribution in [3.63, 3.8) is 0 Å². The molecule has 0 spiro atoms. The van der Waals surface area contributed by atoms with Crippen LogP contribution in [-0.2, 0) is 0 Å². The molecule has 0 aliphatic heterocycles. The van der Waals surface area contributed by atoms with E-state index >= 15 is 0 Å². The highest BCUT2D eigenvalue weighted by molar-refractivity contribution is 7.13. The fourth-order valence-electron chi connectivity index (χ4n) is 1.26. The van der Waals surface area contributed by atoms with E-state index in [0.29, 0.717) is 5.69 Å². The Hall–Kier alpha value is -2.06. The second kappa shape index (κ2) is 3.59. The van der Waals surface area contributed by atoms with Crippen molar-refractivity contribution in [1.29, 1.82) is 5.26 Å². The molecule has 15 heavy (non-hydrogen) atoms. The molecule has 2 aromatic heterocycles. The zero-order chi connectivity index (χ0) is 10.8. The van der Waals surface area contributed by atoms with Gasteiger partial charge in [-0.05, 0) is 23.6 Å². The Morgan fingerprint density at radius 2 is 2.20 bits per heavy atom. The molecule has 2 rings (SSSR count). The van der Waals surface area contributed by atoms with Crippen molar-refractivity contribution in [3.05, 3.63) is 45.6 Å². The monoisotopic (exact) mass is 217 g/mol. The van der Waals surface area contributed by atoms with Gasteiger partial charge in [-0.25, -0.2) is 4.68 Å². The van der Waals surface area contributed by atoms with Crippen LogP contribution in [0.4, 0.5) is 0 Å². The third-order valence-electron chi connectivity index (χ3n) is 2.01. The number of aromatic nitrogens is 1. The predicted molar refractivity (Wildman–Crippen MR) is 58.9 cm³/mol. The molecule has 5 heteroatoms. The molecule has 2 N–H and O–H groups in total. The average Bonchev–Trinajstić information content (AvgIpc) is 2.75. The van der Waals surface area contributed by atoms with Gasteiger partial charge >= 0.3 is 0 Å². The highest BCUT2D eigenvalue weighted by Gasteiger charge is 2.08. The Kier molecular flexibility index (Phi) is 2.27. The standard InChI is InChI=1S/C10H7N3OS/c11-6-7-3-4-8(13(12)10(7)14)9-2-1-5-15-9/h1-5H,12H2. The van der Waals surface area contributed by atoms with E-state index in [2.05, 4.69) is 0 Å². The third-order valence-corrected chi connectivity index (χ3v) is 2.90. The van der Waals surface area contributed by atoms with Crippen LogP contribution in [0, 0.1) is 11.3 Å². The molecule has 0 amide bonds. The number of nitrogens with two attached hydrogens (primary N) is 1. The summed E-state index contributed by atoms with van der Waals surface area (Å²) in [7, 11) is 0. The Morgan fingerprint density at radius 3 is 2.80 bits per heavy atom. The molecule has 74 valence electrons. The minimum Gasteiger partial charge on any atom is -0.336 e. The van der Waals surface area contributed by atoms with E-state index in [1.54, 1.807) is 12.1 Å². The number of nitrogen functional groups attached to an aromatic ring is 1. The van der Waals surface area contributed by atoms with Crippen LogP contribution in [0.1, 0.15) is 5.56 Å². The Labute approximate surface area is 89.8 Å². The maximum Gasteiger partial charge on any atom is 0.287 e. The van der Waals surface area contributed by atoms with Crippen molar-refractivity contribution in [2.75, 3.05) is 5.84 Å². The highest BCUT2D eigenvalue weighted by Crippen LogP contribution is 2.22. The molecule has 0 saturated carbocycles. The summed E-state index contributed by atoms with van der Waals surface area (Å²) in [5, 5.41) is 10.5. The Morgan fingerprint density at radius 1 is 1.40 bits per heavy atom. The molecule has 0 aliphatic rings. The lowest BCUT2D eigenvalue weighted by atomic mass is 10.2. The number of hydrogen-bond donors (Lipinski definition) is 1. The van der Waals surface area contributed by atoms with Gasteiger partial charge in [-0.15, -0.1) is 11.3 Å². The van der Waals surface area contributed by atoms with Crippen molar-refractivity contribution in [2.45, 2.75) is 0 Å². The van der Waals surface area contributed by atoms with E-state index in [4.69, 9.17) is 11.1 Å². The molecule has 0 fully saturated rings. The lowest BCUT2D eigenvalue weighted by molar-refractivity contribution is 0.943. The lowest BCUT2D eigenvalue weighted by Crippen LogP contribution is -2.30. The molecule has 0 radical (unpaired) electrons. The molecule has 2 aromatic rings. The summed E-state index contributed by atoms with van der Waals surface area (Å²) in [5.41, 5.74) is 0.204. The van der Waals surface area contributed by atoms with Gasteiger partial charge in [0.05, 0.1) is 10.6 Å². The molecule has 4 nitrogen and oxygen atoms in total. The fourth-order valence-corrected chi connectivity index (χ4v) is 2.01. The molecule has 0 saturated heterocycles. The van der Waals surface area contributed by atoms with Gasteiger partial charge in [0, 0.05) is 0 Å².